The summed E-state index contributed by atoms with van der Waals surface area (Å²) in [6.45, 7) is 10.3. The number of rotatable bonds is 5. The fourth-order valence-electron chi connectivity index (χ4n) is 1.87. The molecule has 2 N–H and O–H groups in total. The third-order valence-electron chi connectivity index (χ3n) is 2.81. The minimum absolute atomic E-state index is 0.280. The highest BCUT2D eigenvalue weighted by Crippen LogP contribution is 2.11. The molecule has 1 heterocycles. The molecule has 0 aromatic carbocycles. The monoisotopic (exact) mass is 216 g/mol. The maximum Gasteiger partial charge on any atom is 0.0791 e. The molecule has 15 heavy (non-hydrogen) atoms. The molecule has 0 aliphatic carbocycles. The van der Waals surface area contributed by atoms with Crippen LogP contribution in [0, 0.1) is 0 Å². The summed E-state index contributed by atoms with van der Waals surface area (Å²) in [7, 11) is 0. The van der Waals surface area contributed by atoms with E-state index >= 15 is 0 Å². The maximum atomic E-state index is 9.79. The van der Waals surface area contributed by atoms with E-state index in [-0.39, 0.29) is 12.2 Å². The van der Waals surface area contributed by atoms with E-state index in [0.717, 1.165) is 26.2 Å². The third kappa shape index (κ3) is 4.47. The van der Waals surface area contributed by atoms with E-state index < -0.39 is 0 Å². The van der Waals surface area contributed by atoms with Gasteiger partial charge in [-0.25, -0.2) is 0 Å². The van der Waals surface area contributed by atoms with Gasteiger partial charge in [0.25, 0.3) is 0 Å². The number of nitrogens with one attached hydrogen (secondary N) is 1. The van der Waals surface area contributed by atoms with Gasteiger partial charge in [0.05, 0.1) is 18.8 Å². The van der Waals surface area contributed by atoms with Gasteiger partial charge in [0, 0.05) is 25.7 Å². The Hall–Kier alpha value is -0.160. The van der Waals surface area contributed by atoms with Crippen molar-refractivity contribution in [2.75, 3.05) is 32.8 Å². The zero-order valence-corrected chi connectivity index (χ0v) is 10.1. The number of aliphatic hydroxyl groups is 1. The van der Waals surface area contributed by atoms with E-state index in [1.165, 1.54) is 0 Å². The van der Waals surface area contributed by atoms with Gasteiger partial charge in [-0.05, 0) is 20.4 Å². The van der Waals surface area contributed by atoms with Crippen molar-refractivity contribution in [1.29, 1.82) is 0 Å². The van der Waals surface area contributed by atoms with Crippen molar-refractivity contribution in [2.45, 2.75) is 39.0 Å². The predicted octanol–water partition coefficient (Wildman–Crippen LogP) is 0.0660. The Balaban J connectivity index is 2.28. The Kier molecular flexibility index (Phi) is 5.53. The molecule has 0 bridgehead atoms. The number of aliphatic hydroxyl groups excluding tert-OH is 1. The Bertz CT molecular complexity index is 178. The highest BCUT2D eigenvalue weighted by Gasteiger charge is 2.24. The van der Waals surface area contributed by atoms with E-state index in [9.17, 15) is 5.11 Å². The smallest absolute Gasteiger partial charge is 0.0791 e. The van der Waals surface area contributed by atoms with E-state index in [2.05, 4.69) is 24.1 Å². The molecule has 4 heteroatoms. The van der Waals surface area contributed by atoms with Gasteiger partial charge in [0.1, 0.15) is 0 Å². The molecular weight excluding hydrogens is 192 g/mol. The standard InChI is InChI=1S/C11H24N2O2/c1-4-12-5-11(14)7-13-6-10(3)15-8-9(13)2/h9-12,14H,4-8H2,1-3H3. The number of nitrogens with zero attached hydrogens (tertiary/aromatic N) is 1. The lowest BCUT2D eigenvalue weighted by Crippen LogP contribution is -2.51. The minimum atomic E-state index is -0.280. The van der Waals surface area contributed by atoms with E-state index in [1.807, 2.05) is 6.92 Å². The first-order valence-electron chi connectivity index (χ1n) is 5.88. The third-order valence-corrected chi connectivity index (χ3v) is 2.81. The molecular formula is C11H24N2O2. The van der Waals surface area contributed by atoms with Crippen molar-refractivity contribution < 1.29 is 9.84 Å². The van der Waals surface area contributed by atoms with Crippen LogP contribution in [0.1, 0.15) is 20.8 Å². The van der Waals surface area contributed by atoms with Crippen molar-refractivity contribution in [2.24, 2.45) is 0 Å². The minimum Gasteiger partial charge on any atom is -0.390 e. The molecule has 1 aliphatic rings. The number of likely N-dealkylation sites (N-methyl/N-ethyl adjacent to an activating group) is 1. The summed E-state index contributed by atoms with van der Waals surface area (Å²) < 4.78 is 5.54. The molecule has 3 atom stereocenters. The van der Waals surface area contributed by atoms with Crippen molar-refractivity contribution >= 4 is 0 Å². The van der Waals surface area contributed by atoms with Crippen LogP contribution in [-0.4, -0.2) is 61.0 Å². The van der Waals surface area contributed by atoms with Gasteiger partial charge in [0.15, 0.2) is 0 Å². The van der Waals surface area contributed by atoms with Crippen molar-refractivity contribution in [3.8, 4) is 0 Å². The second-order valence-corrected chi connectivity index (χ2v) is 4.41. The molecule has 0 amide bonds. The topological polar surface area (TPSA) is 44.7 Å². The molecule has 1 saturated heterocycles. The fourth-order valence-corrected chi connectivity index (χ4v) is 1.87. The second-order valence-electron chi connectivity index (χ2n) is 4.41. The van der Waals surface area contributed by atoms with Gasteiger partial charge in [-0.1, -0.05) is 6.92 Å². The zero-order chi connectivity index (χ0) is 11.3. The molecule has 0 radical (unpaired) electrons. The van der Waals surface area contributed by atoms with E-state index in [0.29, 0.717) is 12.6 Å². The molecule has 0 spiro atoms. The Morgan fingerprint density at radius 3 is 2.93 bits per heavy atom. The summed E-state index contributed by atoms with van der Waals surface area (Å²) in [4.78, 5) is 2.30. The number of hydrogen-bond donors (Lipinski definition) is 2. The predicted molar refractivity (Wildman–Crippen MR) is 61.0 cm³/mol. The lowest BCUT2D eigenvalue weighted by atomic mass is 10.2. The summed E-state index contributed by atoms with van der Waals surface area (Å²) in [5, 5.41) is 12.9. The first kappa shape index (κ1) is 12.9. The van der Waals surface area contributed by atoms with Crippen molar-refractivity contribution in [1.82, 2.24) is 10.2 Å². The first-order valence-corrected chi connectivity index (χ1v) is 5.88. The van der Waals surface area contributed by atoms with Crippen LogP contribution in [0.5, 0.6) is 0 Å². The Morgan fingerprint density at radius 1 is 1.53 bits per heavy atom. The van der Waals surface area contributed by atoms with Gasteiger partial charge in [-0.15, -0.1) is 0 Å². The van der Waals surface area contributed by atoms with Crippen LogP contribution in [0.4, 0.5) is 0 Å². The summed E-state index contributed by atoms with van der Waals surface area (Å²) in [6.07, 6.45) is 0.00485. The largest absolute Gasteiger partial charge is 0.390 e. The molecule has 1 rings (SSSR count). The first-order chi connectivity index (χ1) is 7.13. The summed E-state index contributed by atoms with van der Waals surface area (Å²) >= 11 is 0. The van der Waals surface area contributed by atoms with Crippen LogP contribution in [0.3, 0.4) is 0 Å². The van der Waals surface area contributed by atoms with Gasteiger partial charge in [0.2, 0.25) is 0 Å². The summed E-state index contributed by atoms with van der Waals surface area (Å²) in [5.41, 5.74) is 0. The van der Waals surface area contributed by atoms with Crippen molar-refractivity contribution in [3.05, 3.63) is 0 Å². The fraction of sp³-hybridized carbons (Fsp3) is 1.00. The van der Waals surface area contributed by atoms with Gasteiger partial charge in [-0.3, -0.25) is 4.90 Å². The molecule has 4 nitrogen and oxygen atoms in total. The van der Waals surface area contributed by atoms with Crippen LogP contribution in [-0.2, 0) is 4.74 Å². The molecule has 1 fully saturated rings. The number of morpholine rings is 1. The van der Waals surface area contributed by atoms with Gasteiger partial charge < -0.3 is 15.2 Å². The average molecular weight is 216 g/mol. The average Bonchev–Trinajstić information content (AvgIpc) is 2.20. The highest BCUT2D eigenvalue weighted by atomic mass is 16.5. The van der Waals surface area contributed by atoms with Crippen LogP contribution in [0.25, 0.3) is 0 Å². The number of ether oxygens (including phenoxy) is 1. The molecule has 90 valence electrons. The Labute approximate surface area is 92.6 Å². The van der Waals surface area contributed by atoms with Gasteiger partial charge >= 0.3 is 0 Å². The molecule has 0 aromatic rings. The lowest BCUT2D eigenvalue weighted by molar-refractivity contribution is -0.0612. The maximum absolute atomic E-state index is 9.79. The normalized spacial score (nSPS) is 30.4. The molecule has 0 saturated carbocycles. The quantitative estimate of drug-likeness (QED) is 0.682. The van der Waals surface area contributed by atoms with Crippen LogP contribution < -0.4 is 5.32 Å². The molecule has 3 unspecified atom stereocenters. The lowest BCUT2D eigenvalue weighted by Gasteiger charge is -2.37. The molecule has 1 aliphatic heterocycles. The van der Waals surface area contributed by atoms with Crippen LogP contribution in [0.2, 0.25) is 0 Å². The van der Waals surface area contributed by atoms with Crippen LogP contribution in [0.15, 0.2) is 0 Å². The van der Waals surface area contributed by atoms with Crippen LogP contribution >= 0.6 is 0 Å². The van der Waals surface area contributed by atoms with E-state index in [4.69, 9.17) is 4.74 Å². The Morgan fingerprint density at radius 2 is 2.27 bits per heavy atom. The molecule has 0 aromatic heterocycles. The van der Waals surface area contributed by atoms with Crippen molar-refractivity contribution in [3.63, 3.8) is 0 Å². The van der Waals surface area contributed by atoms with E-state index in [1.54, 1.807) is 0 Å². The highest BCUT2D eigenvalue weighted by molar-refractivity contribution is 4.77. The summed E-state index contributed by atoms with van der Waals surface area (Å²) in [5.74, 6) is 0. The number of hydrogen-bond acceptors (Lipinski definition) is 4. The zero-order valence-electron chi connectivity index (χ0n) is 10.1. The number of β-amino-alcohol motifs (C(OH)–C–C–N with tert-alkyl or cyclic N) is 1. The SMILES string of the molecule is CCNCC(O)CN1CC(C)OCC1C. The second kappa shape index (κ2) is 6.43. The summed E-state index contributed by atoms with van der Waals surface area (Å²) in [6, 6.07) is 0.414. The van der Waals surface area contributed by atoms with Gasteiger partial charge in [-0.2, -0.15) is 0 Å².